The Morgan fingerprint density at radius 1 is 1.25 bits per heavy atom. The molecule has 0 spiro atoms. The molecule has 0 aromatic heterocycles. The van der Waals surface area contributed by atoms with Crippen molar-refractivity contribution in [1.29, 1.82) is 0 Å². The largest absolute Gasteiger partial charge is 0.314 e. The van der Waals surface area contributed by atoms with Crippen LogP contribution in [-0.2, 0) is 0 Å². The molecule has 0 fully saturated rings. The summed E-state index contributed by atoms with van der Waals surface area (Å²) in [5.74, 6) is 0.737. The van der Waals surface area contributed by atoms with Crippen molar-refractivity contribution in [3.63, 3.8) is 0 Å². The maximum atomic E-state index is 4.12. The Labute approximate surface area is 103 Å². The summed E-state index contributed by atoms with van der Waals surface area (Å²) in [5.41, 5.74) is 1.77. The van der Waals surface area contributed by atoms with Crippen molar-refractivity contribution in [3.8, 4) is 0 Å². The van der Waals surface area contributed by atoms with Gasteiger partial charge in [-0.1, -0.05) is 53.7 Å². The zero-order valence-electron chi connectivity index (χ0n) is 12.2. The minimum atomic E-state index is 0.404. The van der Waals surface area contributed by atoms with Crippen molar-refractivity contribution in [3.05, 3.63) is 12.2 Å². The summed E-state index contributed by atoms with van der Waals surface area (Å²) in [6.45, 7) is 18.9. The lowest BCUT2D eigenvalue weighted by atomic mass is 9.77. The van der Waals surface area contributed by atoms with Crippen molar-refractivity contribution >= 4 is 0 Å². The second-order valence-electron chi connectivity index (χ2n) is 6.07. The first-order chi connectivity index (χ1) is 7.31. The molecule has 0 rings (SSSR count). The Hall–Kier alpha value is -0.300. The third-order valence-electron chi connectivity index (χ3n) is 3.64. The normalized spacial score (nSPS) is 15.9. The molecule has 0 aliphatic heterocycles. The molecule has 0 saturated carbocycles. The smallest absolute Gasteiger partial charge is 0.0107 e. The van der Waals surface area contributed by atoms with E-state index in [-0.39, 0.29) is 0 Å². The molecule has 0 bridgehead atoms. The van der Waals surface area contributed by atoms with Gasteiger partial charge in [0.1, 0.15) is 0 Å². The van der Waals surface area contributed by atoms with E-state index in [2.05, 4.69) is 53.4 Å². The average Bonchev–Trinajstić information content (AvgIpc) is 2.16. The second kappa shape index (κ2) is 7.11. The van der Waals surface area contributed by atoms with Gasteiger partial charge in [0.15, 0.2) is 0 Å². The van der Waals surface area contributed by atoms with Crippen LogP contribution in [0.5, 0.6) is 0 Å². The number of hydrogen-bond donors (Lipinski definition) is 1. The van der Waals surface area contributed by atoms with E-state index < -0.39 is 0 Å². The Kier molecular flexibility index (Phi) is 6.98. The Bertz CT molecular complexity index is 200. The molecule has 0 radical (unpaired) electrons. The molecule has 0 aliphatic rings. The van der Waals surface area contributed by atoms with E-state index in [1.54, 1.807) is 0 Å². The fourth-order valence-electron chi connectivity index (χ4n) is 1.80. The van der Waals surface area contributed by atoms with E-state index in [0.717, 1.165) is 25.3 Å². The summed E-state index contributed by atoms with van der Waals surface area (Å²) in [7, 11) is 0. The van der Waals surface area contributed by atoms with Gasteiger partial charge in [0.05, 0.1) is 0 Å². The first-order valence-electron chi connectivity index (χ1n) is 6.71. The van der Waals surface area contributed by atoms with Gasteiger partial charge in [-0.2, -0.15) is 0 Å². The molecule has 0 aromatic carbocycles. The minimum Gasteiger partial charge on any atom is -0.314 e. The van der Waals surface area contributed by atoms with E-state index in [9.17, 15) is 0 Å². The van der Waals surface area contributed by atoms with Crippen molar-refractivity contribution in [2.24, 2.45) is 11.3 Å². The van der Waals surface area contributed by atoms with Crippen LogP contribution in [0.3, 0.4) is 0 Å². The van der Waals surface area contributed by atoms with Crippen LogP contribution in [0.25, 0.3) is 0 Å². The van der Waals surface area contributed by atoms with Crippen LogP contribution in [-0.4, -0.2) is 12.6 Å². The van der Waals surface area contributed by atoms with E-state index in [0.29, 0.717) is 11.5 Å². The lowest BCUT2D eigenvalue weighted by molar-refractivity contribution is 0.222. The van der Waals surface area contributed by atoms with E-state index >= 15 is 0 Å². The van der Waals surface area contributed by atoms with Crippen LogP contribution >= 0.6 is 0 Å². The summed E-state index contributed by atoms with van der Waals surface area (Å²) < 4.78 is 0. The van der Waals surface area contributed by atoms with Gasteiger partial charge >= 0.3 is 0 Å². The molecule has 1 nitrogen and oxygen atoms in total. The van der Waals surface area contributed by atoms with Crippen LogP contribution in [0, 0.1) is 11.3 Å². The average molecular weight is 225 g/mol. The second-order valence-corrected chi connectivity index (χ2v) is 6.07. The maximum absolute atomic E-state index is 4.12. The van der Waals surface area contributed by atoms with Gasteiger partial charge in [0.25, 0.3) is 0 Å². The standard InChI is InChI=1S/C15H31N/c1-8-12(3)10-14(16-9-2)11-13(4)15(5,6)7/h13-14,16H,3,8-11H2,1-2,4-7H3. The monoisotopic (exact) mass is 225 g/mol. The highest BCUT2D eigenvalue weighted by Gasteiger charge is 2.23. The fraction of sp³-hybridized carbons (Fsp3) is 0.867. The topological polar surface area (TPSA) is 12.0 Å². The molecule has 0 saturated heterocycles. The summed E-state index contributed by atoms with van der Waals surface area (Å²) in [4.78, 5) is 0. The molecule has 2 unspecified atom stereocenters. The molecule has 0 amide bonds. The summed E-state index contributed by atoms with van der Waals surface area (Å²) in [5, 5.41) is 3.59. The predicted molar refractivity (Wildman–Crippen MR) is 74.7 cm³/mol. The summed E-state index contributed by atoms with van der Waals surface area (Å²) in [6.07, 6.45) is 3.48. The van der Waals surface area contributed by atoms with E-state index in [1.807, 2.05) is 0 Å². The molecule has 1 heteroatoms. The molecular formula is C15H31N. The quantitative estimate of drug-likeness (QED) is 0.634. The highest BCUT2D eigenvalue weighted by Crippen LogP contribution is 2.30. The first kappa shape index (κ1) is 15.7. The Balaban J connectivity index is 4.27. The van der Waals surface area contributed by atoms with Gasteiger partial charge in [0.2, 0.25) is 0 Å². The molecule has 96 valence electrons. The van der Waals surface area contributed by atoms with E-state index in [4.69, 9.17) is 0 Å². The molecule has 0 heterocycles. The van der Waals surface area contributed by atoms with Gasteiger partial charge in [-0.3, -0.25) is 0 Å². The van der Waals surface area contributed by atoms with Crippen LogP contribution in [0.2, 0.25) is 0 Å². The molecule has 0 aromatic rings. The minimum absolute atomic E-state index is 0.404. The van der Waals surface area contributed by atoms with Crippen LogP contribution < -0.4 is 5.32 Å². The fourth-order valence-corrected chi connectivity index (χ4v) is 1.80. The number of rotatable bonds is 7. The van der Waals surface area contributed by atoms with Gasteiger partial charge in [-0.05, 0) is 37.1 Å². The van der Waals surface area contributed by atoms with Crippen molar-refractivity contribution in [2.75, 3.05) is 6.54 Å². The maximum Gasteiger partial charge on any atom is 0.0107 e. The van der Waals surface area contributed by atoms with Crippen LogP contribution in [0.1, 0.15) is 60.8 Å². The summed E-state index contributed by atoms with van der Waals surface area (Å²) in [6, 6.07) is 0.603. The molecule has 0 aliphatic carbocycles. The van der Waals surface area contributed by atoms with E-state index in [1.165, 1.54) is 12.0 Å². The summed E-state index contributed by atoms with van der Waals surface area (Å²) >= 11 is 0. The third kappa shape index (κ3) is 6.32. The SMILES string of the molecule is C=C(CC)CC(CC(C)C(C)(C)C)NCC. The van der Waals surface area contributed by atoms with Gasteiger partial charge in [-0.25, -0.2) is 0 Å². The lowest BCUT2D eigenvalue weighted by Gasteiger charge is -2.31. The molecule has 16 heavy (non-hydrogen) atoms. The first-order valence-corrected chi connectivity index (χ1v) is 6.71. The van der Waals surface area contributed by atoms with Gasteiger partial charge in [0, 0.05) is 6.04 Å². The molecule has 2 atom stereocenters. The highest BCUT2D eigenvalue weighted by atomic mass is 14.9. The van der Waals surface area contributed by atoms with Crippen molar-refractivity contribution in [2.45, 2.75) is 66.8 Å². The number of hydrogen-bond acceptors (Lipinski definition) is 1. The van der Waals surface area contributed by atoms with Gasteiger partial charge < -0.3 is 5.32 Å². The highest BCUT2D eigenvalue weighted by molar-refractivity contribution is 4.97. The third-order valence-corrected chi connectivity index (χ3v) is 3.64. The lowest BCUT2D eigenvalue weighted by Crippen LogP contribution is -2.33. The number of nitrogens with one attached hydrogen (secondary N) is 1. The Morgan fingerprint density at radius 2 is 1.81 bits per heavy atom. The van der Waals surface area contributed by atoms with Crippen molar-refractivity contribution in [1.82, 2.24) is 5.32 Å². The zero-order chi connectivity index (χ0) is 12.8. The Morgan fingerprint density at radius 3 is 2.19 bits per heavy atom. The van der Waals surface area contributed by atoms with Crippen LogP contribution in [0.15, 0.2) is 12.2 Å². The van der Waals surface area contributed by atoms with Crippen molar-refractivity contribution < 1.29 is 0 Å². The van der Waals surface area contributed by atoms with Gasteiger partial charge in [-0.15, -0.1) is 0 Å². The molecule has 1 N–H and O–H groups in total. The van der Waals surface area contributed by atoms with Crippen LogP contribution in [0.4, 0.5) is 0 Å². The molecular weight excluding hydrogens is 194 g/mol. The zero-order valence-corrected chi connectivity index (χ0v) is 12.2. The predicted octanol–water partition coefficient (Wildman–Crippen LogP) is 4.39.